The van der Waals surface area contributed by atoms with E-state index >= 15 is 0 Å². The molecule has 102 valence electrons. The van der Waals surface area contributed by atoms with Crippen LogP contribution < -0.4 is 10.6 Å². The molecule has 0 radical (unpaired) electrons. The van der Waals surface area contributed by atoms with Crippen LogP contribution in [0.4, 0.5) is 14.9 Å². The van der Waals surface area contributed by atoms with E-state index in [2.05, 4.69) is 10.6 Å². The smallest absolute Gasteiger partial charge is 0.321 e. The quantitative estimate of drug-likeness (QED) is 0.814. The highest BCUT2D eigenvalue weighted by molar-refractivity contribution is 5.89. The van der Waals surface area contributed by atoms with Gasteiger partial charge in [0, 0.05) is 24.8 Å². The minimum atomic E-state index is -0.297. The van der Waals surface area contributed by atoms with Crippen molar-refractivity contribution in [2.45, 2.75) is 18.9 Å². The molecule has 2 aliphatic rings. The van der Waals surface area contributed by atoms with Crippen molar-refractivity contribution < 1.29 is 9.18 Å². The Kier molecular flexibility index (Phi) is 3.38. The monoisotopic (exact) mass is 263 g/mol. The molecule has 1 aromatic carbocycles. The van der Waals surface area contributed by atoms with Gasteiger partial charge in [-0.1, -0.05) is 0 Å². The topological polar surface area (TPSA) is 44.4 Å². The van der Waals surface area contributed by atoms with Gasteiger partial charge in [-0.05, 0) is 49.6 Å². The van der Waals surface area contributed by atoms with Crippen LogP contribution in [0, 0.1) is 11.7 Å². The van der Waals surface area contributed by atoms with E-state index in [1.807, 2.05) is 4.90 Å². The maximum Gasteiger partial charge on any atom is 0.321 e. The normalized spacial score (nSPS) is 26.1. The van der Waals surface area contributed by atoms with E-state index in [9.17, 15) is 9.18 Å². The molecular formula is C14H18FN3O. The second-order valence-electron chi connectivity index (χ2n) is 5.30. The molecule has 0 bridgehead atoms. The summed E-state index contributed by atoms with van der Waals surface area (Å²) in [7, 11) is 0. The first-order valence-corrected chi connectivity index (χ1v) is 6.77. The van der Waals surface area contributed by atoms with Crippen molar-refractivity contribution in [3.63, 3.8) is 0 Å². The molecule has 2 unspecified atom stereocenters. The third-order valence-corrected chi connectivity index (χ3v) is 3.98. The van der Waals surface area contributed by atoms with E-state index in [4.69, 9.17) is 0 Å². The Bertz CT molecular complexity index is 448. The minimum absolute atomic E-state index is 0.0946. The third-order valence-electron chi connectivity index (χ3n) is 3.98. The number of likely N-dealkylation sites (tertiary alicyclic amines) is 1. The molecule has 1 aromatic rings. The van der Waals surface area contributed by atoms with Crippen molar-refractivity contribution in [2.24, 2.45) is 5.92 Å². The zero-order chi connectivity index (χ0) is 13.2. The fraction of sp³-hybridized carbons (Fsp3) is 0.500. The molecule has 3 rings (SSSR count). The number of amides is 2. The lowest BCUT2D eigenvalue weighted by atomic mass is 9.94. The van der Waals surface area contributed by atoms with Gasteiger partial charge in [0.25, 0.3) is 0 Å². The van der Waals surface area contributed by atoms with Gasteiger partial charge in [0.2, 0.25) is 0 Å². The average molecular weight is 263 g/mol. The van der Waals surface area contributed by atoms with Gasteiger partial charge < -0.3 is 15.5 Å². The van der Waals surface area contributed by atoms with E-state index in [1.54, 1.807) is 12.1 Å². The predicted octanol–water partition coefficient (Wildman–Crippen LogP) is 2.04. The van der Waals surface area contributed by atoms with Crippen LogP contribution in [0.25, 0.3) is 0 Å². The van der Waals surface area contributed by atoms with Crippen LogP contribution in [-0.2, 0) is 0 Å². The Labute approximate surface area is 112 Å². The number of carbonyl (C=O) groups is 1. The van der Waals surface area contributed by atoms with Crippen LogP contribution in [0.3, 0.4) is 0 Å². The van der Waals surface area contributed by atoms with E-state index in [-0.39, 0.29) is 11.8 Å². The molecular weight excluding hydrogens is 245 g/mol. The highest BCUT2D eigenvalue weighted by Crippen LogP contribution is 2.25. The number of hydrogen-bond acceptors (Lipinski definition) is 2. The van der Waals surface area contributed by atoms with E-state index in [1.165, 1.54) is 25.0 Å². The molecule has 2 N–H and O–H groups in total. The molecule has 2 atom stereocenters. The van der Waals surface area contributed by atoms with Gasteiger partial charge in [0.1, 0.15) is 5.82 Å². The molecule has 0 aliphatic carbocycles. The summed E-state index contributed by atoms with van der Waals surface area (Å²) < 4.78 is 12.8. The summed E-state index contributed by atoms with van der Waals surface area (Å²) in [6.07, 6.45) is 2.38. The Morgan fingerprint density at radius 3 is 2.84 bits per heavy atom. The molecule has 2 aliphatic heterocycles. The van der Waals surface area contributed by atoms with Gasteiger partial charge >= 0.3 is 6.03 Å². The first-order chi connectivity index (χ1) is 9.22. The number of urea groups is 1. The van der Waals surface area contributed by atoms with Crippen molar-refractivity contribution in [1.82, 2.24) is 10.2 Å². The summed E-state index contributed by atoms with van der Waals surface area (Å²) in [6.45, 7) is 2.62. The number of hydrogen-bond donors (Lipinski definition) is 2. The van der Waals surface area contributed by atoms with Crippen molar-refractivity contribution in [1.29, 1.82) is 0 Å². The van der Waals surface area contributed by atoms with Crippen molar-refractivity contribution in [3.8, 4) is 0 Å². The van der Waals surface area contributed by atoms with E-state index in [0.717, 1.165) is 19.6 Å². The second-order valence-corrected chi connectivity index (χ2v) is 5.30. The Hall–Kier alpha value is -1.62. The summed E-state index contributed by atoms with van der Waals surface area (Å²) in [5.74, 6) is 0.280. The SMILES string of the molecule is O=C(Nc1ccc(F)cc1)N1CC2CCCNC2C1. The van der Waals surface area contributed by atoms with Crippen molar-refractivity contribution in [2.75, 3.05) is 25.0 Å². The maximum atomic E-state index is 12.8. The van der Waals surface area contributed by atoms with Crippen molar-refractivity contribution in [3.05, 3.63) is 30.1 Å². The Balaban J connectivity index is 1.60. The van der Waals surface area contributed by atoms with E-state index < -0.39 is 0 Å². The molecule has 4 nitrogen and oxygen atoms in total. The summed E-state index contributed by atoms with van der Waals surface area (Å²) in [5, 5.41) is 6.28. The highest BCUT2D eigenvalue weighted by Gasteiger charge is 2.36. The Morgan fingerprint density at radius 2 is 2.11 bits per heavy atom. The molecule has 5 heteroatoms. The molecule has 0 saturated carbocycles. The lowest BCUT2D eigenvalue weighted by molar-refractivity contribution is 0.220. The molecule has 2 fully saturated rings. The number of rotatable bonds is 1. The van der Waals surface area contributed by atoms with Gasteiger partial charge in [0.15, 0.2) is 0 Å². The minimum Gasteiger partial charge on any atom is -0.323 e. The fourth-order valence-electron chi connectivity index (χ4n) is 2.95. The lowest BCUT2D eigenvalue weighted by Gasteiger charge is -2.24. The number of anilines is 1. The van der Waals surface area contributed by atoms with Gasteiger partial charge in [-0.25, -0.2) is 9.18 Å². The zero-order valence-corrected chi connectivity index (χ0v) is 10.7. The molecule has 19 heavy (non-hydrogen) atoms. The molecule has 0 spiro atoms. The summed E-state index contributed by atoms with van der Waals surface area (Å²) >= 11 is 0. The molecule has 0 aromatic heterocycles. The summed E-state index contributed by atoms with van der Waals surface area (Å²) in [4.78, 5) is 14.0. The first-order valence-electron chi connectivity index (χ1n) is 6.77. The van der Waals surface area contributed by atoms with E-state index in [0.29, 0.717) is 17.6 Å². The Morgan fingerprint density at radius 1 is 1.32 bits per heavy atom. The largest absolute Gasteiger partial charge is 0.323 e. The third kappa shape index (κ3) is 2.71. The number of halogens is 1. The number of nitrogens with zero attached hydrogens (tertiary/aromatic N) is 1. The average Bonchev–Trinajstić information content (AvgIpc) is 2.85. The van der Waals surface area contributed by atoms with Crippen LogP contribution in [0.2, 0.25) is 0 Å². The van der Waals surface area contributed by atoms with Crippen LogP contribution in [0.15, 0.2) is 24.3 Å². The van der Waals surface area contributed by atoms with Crippen molar-refractivity contribution >= 4 is 11.7 Å². The fourth-order valence-corrected chi connectivity index (χ4v) is 2.95. The number of carbonyl (C=O) groups excluding carboxylic acids is 1. The van der Waals surface area contributed by atoms with Crippen LogP contribution in [0.1, 0.15) is 12.8 Å². The molecule has 2 saturated heterocycles. The van der Waals surface area contributed by atoms with Gasteiger partial charge in [-0.15, -0.1) is 0 Å². The summed E-state index contributed by atoms with van der Waals surface area (Å²) in [5.41, 5.74) is 0.634. The zero-order valence-electron chi connectivity index (χ0n) is 10.7. The first kappa shape index (κ1) is 12.4. The van der Waals surface area contributed by atoms with Gasteiger partial charge in [0.05, 0.1) is 0 Å². The van der Waals surface area contributed by atoms with Gasteiger partial charge in [-0.3, -0.25) is 0 Å². The van der Waals surface area contributed by atoms with Gasteiger partial charge in [-0.2, -0.15) is 0 Å². The van der Waals surface area contributed by atoms with Crippen LogP contribution >= 0.6 is 0 Å². The number of fused-ring (bicyclic) bond motifs is 1. The number of piperidine rings is 1. The summed E-state index contributed by atoms with van der Waals surface area (Å²) in [6, 6.07) is 6.20. The molecule has 2 amide bonds. The standard InChI is InChI=1S/C14H18FN3O/c15-11-3-5-12(6-4-11)17-14(19)18-8-10-2-1-7-16-13(10)9-18/h3-6,10,13,16H,1-2,7-9H2,(H,17,19). The lowest BCUT2D eigenvalue weighted by Crippen LogP contribution is -2.41. The predicted molar refractivity (Wildman–Crippen MR) is 71.5 cm³/mol. The van der Waals surface area contributed by atoms with Crippen LogP contribution in [0.5, 0.6) is 0 Å². The number of nitrogens with one attached hydrogen (secondary N) is 2. The highest BCUT2D eigenvalue weighted by atomic mass is 19.1. The number of benzene rings is 1. The molecule has 2 heterocycles. The second kappa shape index (κ2) is 5.17. The maximum absolute atomic E-state index is 12.8. The van der Waals surface area contributed by atoms with Crippen LogP contribution in [-0.4, -0.2) is 36.6 Å².